The number of carbonyl (C=O) groups is 1. The summed E-state index contributed by atoms with van der Waals surface area (Å²) in [6.45, 7) is 7.17. The number of carbonyl (C=O) groups excluding carboxylic acids is 1. The Balaban J connectivity index is 1.56. The van der Waals surface area contributed by atoms with E-state index in [2.05, 4.69) is 24.1 Å². The van der Waals surface area contributed by atoms with Gasteiger partial charge in [-0.15, -0.1) is 0 Å². The molecule has 1 saturated heterocycles. The lowest BCUT2D eigenvalue weighted by molar-refractivity contribution is 0.102. The summed E-state index contributed by atoms with van der Waals surface area (Å²) in [6.07, 6.45) is 1.02. The Morgan fingerprint density at radius 1 is 1.13 bits per heavy atom. The van der Waals surface area contributed by atoms with Gasteiger partial charge >= 0.3 is 0 Å². The van der Waals surface area contributed by atoms with E-state index in [1.165, 1.54) is 17.4 Å². The van der Waals surface area contributed by atoms with Crippen LogP contribution in [-0.2, 0) is 10.0 Å². The minimum atomic E-state index is -3.64. The zero-order chi connectivity index (χ0) is 21.5. The zero-order valence-electron chi connectivity index (χ0n) is 17.3. The molecule has 0 aliphatic carbocycles. The van der Waals surface area contributed by atoms with Gasteiger partial charge in [-0.3, -0.25) is 10.1 Å². The minimum absolute atomic E-state index is 0.149. The first-order valence-corrected chi connectivity index (χ1v) is 12.3. The van der Waals surface area contributed by atoms with Crippen molar-refractivity contribution >= 4 is 42.6 Å². The molecule has 4 rings (SSSR count). The zero-order valence-corrected chi connectivity index (χ0v) is 18.9. The number of fused-ring (bicyclic) bond motifs is 1. The van der Waals surface area contributed by atoms with Crippen molar-refractivity contribution in [1.29, 1.82) is 0 Å². The topological polar surface area (TPSA) is 79.4 Å². The monoisotopic (exact) mass is 443 g/mol. The normalized spacial score (nSPS) is 20.4. The lowest BCUT2D eigenvalue weighted by Gasteiger charge is -2.34. The third kappa shape index (κ3) is 4.26. The Labute approximate surface area is 181 Å². The highest BCUT2D eigenvalue weighted by molar-refractivity contribution is 7.89. The molecule has 0 unspecified atom stereocenters. The van der Waals surface area contributed by atoms with Gasteiger partial charge in [0.15, 0.2) is 5.13 Å². The molecule has 2 atom stereocenters. The predicted octanol–water partition coefficient (Wildman–Crippen LogP) is 4.52. The van der Waals surface area contributed by atoms with Crippen molar-refractivity contribution < 1.29 is 13.2 Å². The largest absolute Gasteiger partial charge is 0.298 e. The molecule has 0 bridgehead atoms. The number of nitrogens with one attached hydrogen (secondary N) is 1. The van der Waals surface area contributed by atoms with Crippen LogP contribution in [0.4, 0.5) is 5.13 Å². The predicted molar refractivity (Wildman–Crippen MR) is 120 cm³/mol. The summed E-state index contributed by atoms with van der Waals surface area (Å²) in [5.74, 6) is 0.263. The second-order valence-corrected chi connectivity index (χ2v) is 11.2. The van der Waals surface area contributed by atoms with Crippen LogP contribution in [0.1, 0.15) is 36.2 Å². The Kier molecular flexibility index (Phi) is 5.65. The van der Waals surface area contributed by atoms with Gasteiger partial charge < -0.3 is 0 Å². The molecule has 2 heterocycles. The number of aryl methyl sites for hydroxylation is 1. The molecule has 6 nitrogen and oxygen atoms in total. The Morgan fingerprint density at radius 3 is 2.60 bits per heavy atom. The Hall–Kier alpha value is -2.29. The quantitative estimate of drug-likeness (QED) is 0.643. The van der Waals surface area contributed by atoms with Gasteiger partial charge in [0.2, 0.25) is 10.0 Å². The highest BCUT2D eigenvalue weighted by Crippen LogP contribution is 2.29. The van der Waals surface area contributed by atoms with Crippen LogP contribution in [0.25, 0.3) is 10.2 Å². The molecule has 1 fully saturated rings. The van der Waals surface area contributed by atoms with Crippen LogP contribution in [0.2, 0.25) is 0 Å². The van der Waals surface area contributed by atoms with Crippen LogP contribution in [-0.4, -0.2) is 36.7 Å². The Morgan fingerprint density at radius 2 is 1.87 bits per heavy atom. The van der Waals surface area contributed by atoms with Gasteiger partial charge in [-0.2, -0.15) is 4.31 Å². The van der Waals surface area contributed by atoms with Gasteiger partial charge in [-0.1, -0.05) is 37.3 Å². The van der Waals surface area contributed by atoms with Crippen LogP contribution in [0, 0.1) is 18.8 Å². The average molecular weight is 444 g/mol. The highest BCUT2D eigenvalue weighted by Gasteiger charge is 2.32. The van der Waals surface area contributed by atoms with E-state index in [0.717, 1.165) is 22.2 Å². The van der Waals surface area contributed by atoms with Crippen LogP contribution < -0.4 is 5.32 Å². The summed E-state index contributed by atoms with van der Waals surface area (Å²) >= 11 is 1.40. The highest BCUT2D eigenvalue weighted by atomic mass is 32.2. The number of piperidine rings is 1. The standard InChI is InChI=1S/C22H25N3O3S2/c1-14-7-8-19-20(10-14)29-22(23-19)24-21(26)17-5-4-6-18(11-17)30(27,28)25-12-15(2)9-16(3)13-25/h4-8,10-11,15-16H,9,12-13H2,1-3H3,(H,23,24,26)/t15-,16-/m0/s1. The second kappa shape index (κ2) is 8.09. The molecule has 1 aliphatic heterocycles. The molecular formula is C22H25N3O3S2. The van der Waals surface area contributed by atoms with Crippen molar-refractivity contribution in [3.8, 4) is 0 Å². The van der Waals surface area contributed by atoms with Gasteiger partial charge in [0.25, 0.3) is 5.91 Å². The molecule has 2 aromatic carbocycles. The lowest BCUT2D eigenvalue weighted by Crippen LogP contribution is -2.42. The number of nitrogens with zero attached hydrogens (tertiary/aromatic N) is 2. The van der Waals surface area contributed by atoms with Gasteiger partial charge in [-0.05, 0) is 61.1 Å². The Bertz CT molecular complexity index is 1190. The molecule has 158 valence electrons. The number of hydrogen-bond donors (Lipinski definition) is 1. The van der Waals surface area contributed by atoms with Gasteiger partial charge in [0.1, 0.15) is 0 Å². The van der Waals surface area contributed by atoms with Crippen LogP contribution in [0.15, 0.2) is 47.4 Å². The average Bonchev–Trinajstić information content (AvgIpc) is 3.08. The lowest BCUT2D eigenvalue weighted by atomic mass is 9.94. The number of aromatic nitrogens is 1. The van der Waals surface area contributed by atoms with Crippen molar-refractivity contribution in [2.24, 2.45) is 11.8 Å². The maximum absolute atomic E-state index is 13.1. The summed E-state index contributed by atoms with van der Waals surface area (Å²) in [5, 5.41) is 3.29. The van der Waals surface area contributed by atoms with E-state index in [4.69, 9.17) is 0 Å². The van der Waals surface area contributed by atoms with E-state index in [0.29, 0.717) is 35.6 Å². The van der Waals surface area contributed by atoms with E-state index in [-0.39, 0.29) is 10.8 Å². The van der Waals surface area contributed by atoms with Crippen molar-refractivity contribution in [3.05, 3.63) is 53.6 Å². The second-order valence-electron chi connectivity index (χ2n) is 8.24. The summed E-state index contributed by atoms with van der Waals surface area (Å²) in [6, 6.07) is 12.2. The maximum Gasteiger partial charge on any atom is 0.257 e. The fraction of sp³-hybridized carbons (Fsp3) is 0.364. The molecule has 1 amide bonds. The number of anilines is 1. The molecule has 1 aromatic heterocycles. The van der Waals surface area contributed by atoms with E-state index >= 15 is 0 Å². The third-order valence-corrected chi connectivity index (χ3v) is 8.09. The fourth-order valence-electron chi connectivity index (χ4n) is 4.00. The maximum atomic E-state index is 13.1. The summed E-state index contributed by atoms with van der Waals surface area (Å²) in [4.78, 5) is 17.4. The fourth-order valence-corrected chi connectivity index (χ4v) is 6.69. The SMILES string of the molecule is Cc1ccc2nc(NC(=O)c3cccc(S(=O)(=O)N4C[C@@H](C)C[C@H](C)C4)c3)sc2c1. The molecule has 3 aromatic rings. The number of thiazole rings is 1. The smallest absolute Gasteiger partial charge is 0.257 e. The van der Waals surface area contributed by atoms with Crippen molar-refractivity contribution in [1.82, 2.24) is 9.29 Å². The third-order valence-electron chi connectivity index (χ3n) is 5.33. The van der Waals surface area contributed by atoms with Gasteiger partial charge in [0, 0.05) is 18.7 Å². The van der Waals surface area contributed by atoms with E-state index in [1.807, 2.05) is 25.1 Å². The summed E-state index contributed by atoms with van der Waals surface area (Å²) in [7, 11) is -3.64. The van der Waals surface area contributed by atoms with E-state index in [9.17, 15) is 13.2 Å². The van der Waals surface area contributed by atoms with E-state index < -0.39 is 10.0 Å². The molecule has 1 aliphatic rings. The molecule has 30 heavy (non-hydrogen) atoms. The molecule has 0 radical (unpaired) electrons. The van der Waals surface area contributed by atoms with Crippen molar-refractivity contribution in [2.45, 2.75) is 32.1 Å². The number of benzene rings is 2. The first kappa shape index (κ1) is 21.0. The first-order chi connectivity index (χ1) is 14.2. The first-order valence-electron chi connectivity index (χ1n) is 10.0. The number of sulfonamides is 1. The number of hydrogen-bond acceptors (Lipinski definition) is 5. The number of rotatable bonds is 4. The van der Waals surface area contributed by atoms with Crippen LogP contribution in [0.5, 0.6) is 0 Å². The van der Waals surface area contributed by atoms with Gasteiger partial charge in [-0.25, -0.2) is 13.4 Å². The molecule has 0 saturated carbocycles. The molecule has 0 spiro atoms. The molecule has 1 N–H and O–H groups in total. The van der Waals surface area contributed by atoms with Gasteiger partial charge in [0.05, 0.1) is 15.1 Å². The molecular weight excluding hydrogens is 418 g/mol. The van der Waals surface area contributed by atoms with Crippen molar-refractivity contribution in [3.63, 3.8) is 0 Å². The van der Waals surface area contributed by atoms with Crippen LogP contribution in [0.3, 0.4) is 0 Å². The van der Waals surface area contributed by atoms with E-state index in [1.54, 1.807) is 22.5 Å². The minimum Gasteiger partial charge on any atom is -0.298 e. The summed E-state index contributed by atoms with van der Waals surface area (Å²) in [5.41, 5.74) is 2.25. The van der Waals surface area contributed by atoms with Crippen molar-refractivity contribution in [2.75, 3.05) is 18.4 Å². The molecule has 8 heteroatoms. The number of amides is 1. The summed E-state index contributed by atoms with van der Waals surface area (Å²) < 4.78 is 28.8. The van der Waals surface area contributed by atoms with Crippen LogP contribution >= 0.6 is 11.3 Å².